The summed E-state index contributed by atoms with van der Waals surface area (Å²) in [5.74, 6) is 0.720. The van der Waals surface area contributed by atoms with Gasteiger partial charge in [0.2, 0.25) is 0 Å². The van der Waals surface area contributed by atoms with Gasteiger partial charge in [0.05, 0.1) is 24.1 Å². The number of hydrogen-bond donors (Lipinski definition) is 1. The summed E-state index contributed by atoms with van der Waals surface area (Å²) >= 11 is 5.70. The molecule has 2 amide bonds. The first-order valence-corrected chi connectivity index (χ1v) is 10.4. The van der Waals surface area contributed by atoms with E-state index in [2.05, 4.69) is 10.5 Å². The summed E-state index contributed by atoms with van der Waals surface area (Å²) in [6, 6.07) is 10.2. The molecule has 2 heterocycles. The highest BCUT2D eigenvalue weighted by molar-refractivity contribution is 6.30. The molecular formula is C22H21ClF3N3O3. The Morgan fingerprint density at radius 1 is 1.22 bits per heavy atom. The highest BCUT2D eigenvalue weighted by atomic mass is 35.5. The molecule has 0 bridgehead atoms. The van der Waals surface area contributed by atoms with Crippen molar-refractivity contribution in [2.45, 2.75) is 31.0 Å². The zero-order valence-electron chi connectivity index (χ0n) is 17.2. The number of ether oxygens (including phenoxy) is 1. The SMILES string of the molecule is COc1cccc(C2=NOC3(CCN(C(=O)Nc4ccc(Cl)cc4C(F)(F)F)CC3)C2)c1. The molecule has 32 heavy (non-hydrogen) atoms. The quantitative estimate of drug-likeness (QED) is 0.643. The van der Waals surface area contributed by atoms with Crippen LogP contribution in [0.2, 0.25) is 5.02 Å². The predicted molar refractivity (Wildman–Crippen MR) is 114 cm³/mol. The Kier molecular flexibility index (Phi) is 5.94. The van der Waals surface area contributed by atoms with Crippen molar-refractivity contribution in [2.75, 3.05) is 25.5 Å². The normalized spacial score (nSPS) is 17.7. The van der Waals surface area contributed by atoms with Crippen LogP contribution in [0, 0.1) is 0 Å². The predicted octanol–water partition coefficient (Wildman–Crippen LogP) is 5.56. The third-order valence-electron chi connectivity index (χ3n) is 5.73. The molecule has 1 fully saturated rings. The topological polar surface area (TPSA) is 63.2 Å². The third-order valence-corrected chi connectivity index (χ3v) is 5.97. The maximum atomic E-state index is 13.3. The van der Waals surface area contributed by atoms with Crippen molar-refractivity contribution in [1.29, 1.82) is 0 Å². The molecule has 2 aromatic carbocycles. The lowest BCUT2D eigenvalue weighted by atomic mass is 9.85. The lowest BCUT2D eigenvalue weighted by molar-refractivity contribution is -0.136. The van der Waals surface area contributed by atoms with Crippen LogP contribution in [0.3, 0.4) is 0 Å². The molecule has 0 saturated carbocycles. The van der Waals surface area contributed by atoms with Gasteiger partial charge in [-0.1, -0.05) is 28.9 Å². The monoisotopic (exact) mass is 467 g/mol. The van der Waals surface area contributed by atoms with Crippen LogP contribution in [0.25, 0.3) is 0 Å². The number of nitrogens with one attached hydrogen (secondary N) is 1. The van der Waals surface area contributed by atoms with Gasteiger partial charge in [-0.15, -0.1) is 0 Å². The molecule has 0 aromatic heterocycles. The fraction of sp³-hybridized carbons (Fsp3) is 0.364. The van der Waals surface area contributed by atoms with E-state index in [-0.39, 0.29) is 10.7 Å². The van der Waals surface area contributed by atoms with E-state index in [0.29, 0.717) is 32.4 Å². The summed E-state index contributed by atoms with van der Waals surface area (Å²) < 4.78 is 45.1. The molecule has 2 aliphatic rings. The Hall–Kier alpha value is -2.94. The van der Waals surface area contributed by atoms with Gasteiger partial charge in [0, 0.05) is 42.9 Å². The van der Waals surface area contributed by atoms with E-state index >= 15 is 0 Å². The molecule has 4 rings (SSSR count). The van der Waals surface area contributed by atoms with Crippen molar-refractivity contribution in [2.24, 2.45) is 5.16 Å². The number of urea groups is 1. The molecular weight excluding hydrogens is 447 g/mol. The number of amides is 2. The first-order chi connectivity index (χ1) is 15.2. The summed E-state index contributed by atoms with van der Waals surface area (Å²) in [6.07, 6.45) is -3.01. The number of rotatable bonds is 3. The van der Waals surface area contributed by atoms with Crippen LogP contribution in [0.4, 0.5) is 23.7 Å². The molecule has 1 saturated heterocycles. The van der Waals surface area contributed by atoms with Gasteiger partial charge in [-0.2, -0.15) is 13.2 Å². The Morgan fingerprint density at radius 3 is 2.66 bits per heavy atom. The van der Waals surface area contributed by atoms with Crippen LogP contribution in [-0.2, 0) is 11.0 Å². The number of methoxy groups -OCH3 is 1. The molecule has 170 valence electrons. The van der Waals surface area contributed by atoms with Crippen LogP contribution >= 0.6 is 11.6 Å². The Bertz CT molecular complexity index is 1050. The molecule has 0 radical (unpaired) electrons. The molecule has 2 aliphatic heterocycles. The standard InChI is InChI=1S/C22H21ClF3N3O3/c1-31-16-4-2-3-14(11-16)19-13-21(32-28-19)7-9-29(10-8-21)20(30)27-18-6-5-15(23)12-17(18)22(24,25)26/h2-6,11-12H,7-10,13H2,1H3,(H,27,30). The van der Waals surface area contributed by atoms with Crippen molar-refractivity contribution in [3.63, 3.8) is 0 Å². The first kappa shape index (κ1) is 22.3. The van der Waals surface area contributed by atoms with Crippen LogP contribution in [0.5, 0.6) is 5.75 Å². The van der Waals surface area contributed by atoms with Crippen molar-refractivity contribution in [1.82, 2.24) is 4.90 Å². The van der Waals surface area contributed by atoms with E-state index < -0.39 is 23.4 Å². The number of hydrogen-bond acceptors (Lipinski definition) is 4. The zero-order valence-corrected chi connectivity index (χ0v) is 18.0. The highest BCUT2D eigenvalue weighted by Crippen LogP contribution is 2.38. The van der Waals surface area contributed by atoms with Crippen LogP contribution in [0.1, 0.15) is 30.4 Å². The van der Waals surface area contributed by atoms with Crippen LogP contribution in [-0.4, -0.2) is 42.4 Å². The number of nitrogens with zero attached hydrogens (tertiary/aromatic N) is 2. The number of anilines is 1. The van der Waals surface area contributed by atoms with Gasteiger partial charge >= 0.3 is 12.2 Å². The summed E-state index contributed by atoms with van der Waals surface area (Å²) in [5.41, 5.74) is -0.121. The molecule has 6 nitrogen and oxygen atoms in total. The fourth-order valence-corrected chi connectivity index (χ4v) is 4.09. The van der Waals surface area contributed by atoms with Crippen molar-refractivity contribution < 1.29 is 27.5 Å². The minimum Gasteiger partial charge on any atom is -0.497 e. The minimum absolute atomic E-state index is 0.0551. The number of alkyl halides is 3. The van der Waals surface area contributed by atoms with Gasteiger partial charge in [-0.05, 0) is 30.3 Å². The highest BCUT2D eigenvalue weighted by Gasteiger charge is 2.43. The second-order valence-electron chi connectivity index (χ2n) is 7.83. The average molecular weight is 468 g/mol. The smallest absolute Gasteiger partial charge is 0.418 e. The molecule has 2 aromatic rings. The van der Waals surface area contributed by atoms with Gasteiger partial charge < -0.3 is 19.8 Å². The summed E-state index contributed by atoms with van der Waals surface area (Å²) in [4.78, 5) is 19.9. The van der Waals surface area contributed by atoms with Gasteiger partial charge in [0.15, 0.2) is 0 Å². The molecule has 10 heteroatoms. The van der Waals surface area contributed by atoms with Gasteiger partial charge in [-0.25, -0.2) is 4.79 Å². The number of piperidine rings is 1. The second-order valence-corrected chi connectivity index (χ2v) is 8.26. The first-order valence-electron chi connectivity index (χ1n) is 10.0. The minimum atomic E-state index is -4.63. The summed E-state index contributed by atoms with van der Waals surface area (Å²) in [6.45, 7) is 0.670. The number of likely N-dealkylation sites (tertiary alicyclic amines) is 1. The second kappa shape index (κ2) is 8.54. The number of carbonyl (C=O) groups excluding carboxylic acids is 1. The van der Waals surface area contributed by atoms with Crippen molar-refractivity contribution >= 4 is 29.0 Å². The number of oxime groups is 1. The van der Waals surface area contributed by atoms with Gasteiger partial charge in [-0.3, -0.25) is 0 Å². The lowest BCUT2D eigenvalue weighted by Gasteiger charge is -2.37. The largest absolute Gasteiger partial charge is 0.497 e. The van der Waals surface area contributed by atoms with Crippen LogP contribution < -0.4 is 10.1 Å². The summed E-state index contributed by atoms with van der Waals surface area (Å²) in [7, 11) is 1.59. The van der Waals surface area contributed by atoms with E-state index in [1.54, 1.807) is 7.11 Å². The number of benzene rings is 2. The maximum Gasteiger partial charge on any atom is 0.418 e. The zero-order chi connectivity index (χ0) is 22.9. The molecule has 0 atom stereocenters. The third kappa shape index (κ3) is 4.62. The maximum absolute atomic E-state index is 13.3. The van der Waals surface area contributed by atoms with E-state index in [4.69, 9.17) is 21.2 Å². The average Bonchev–Trinajstić information content (AvgIpc) is 3.18. The molecule has 1 N–H and O–H groups in total. The van der Waals surface area contributed by atoms with Crippen molar-refractivity contribution in [3.05, 3.63) is 58.6 Å². The van der Waals surface area contributed by atoms with Gasteiger partial charge in [0.1, 0.15) is 11.4 Å². The van der Waals surface area contributed by atoms with E-state index in [1.165, 1.54) is 11.0 Å². The molecule has 0 aliphatic carbocycles. The Morgan fingerprint density at radius 2 is 1.97 bits per heavy atom. The number of halogens is 4. The van der Waals surface area contributed by atoms with Crippen LogP contribution in [0.15, 0.2) is 47.6 Å². The van der Waals surface area contributed by atoms with Gasteiger partial charge in [0.25, 0.3) is 0 Å². The van der Waals surface area contributed by atoms with E-state index in [0.717, 1.165) is 29.2 Å². The lowest BCUT2D eigenvalue weighted by Crippen LogP contribution is -2.48. The fourth-order valence-electron chi connectivity index (χ4n) is 3.92. The summed E-state index contributed by atoms with van der Waals surface area (Å²) in [5, 5.41) is 6.56. The molecule has 1 spiro atoms. The van der Waals surface area contributed by atoms with E-state index in [1.807, 2.05) is 24.3 Å². The van der Waals surface area contributed by atoms with Crippen molar-refractivity contribution in [3.8, 4) is 5.75 Å². The Balaban J connectivity index is 1.38. The Labute approximate surface area is 187 Å². The molecule has 0 unspecified atom stereocenters. The van der Waals surface area contributed by atoms with E-state index in [9.17, 15) is 18.0 Å². The number of carbonyl (C=O) groups is 1.